The van der Waals surface area contributed by atoms with Gasteiger partial charge >= 0.3 is 0 Å². The Hall–Kier alpha value is -0.830. The predicted octanol–water partition coefficient (Wildman–Crippen LogP) is 0.454. The molecule has 1 heterocycles. The number of likely N-dealkylation sites (tertiary alicyclic amines) is 1. The largest absolute Gasteiger partial charge is 0.310 e. The normalized spacial score (nSPS) is 23.1. The van der Waals surface area contributed by atoms with Crippen molar-refractivity contribution in [2.24, 2.45) is 5.10 Å². The topological polar surface area (TPSA) is 27.6 Å². The smallest absolute Gasteiger partial charge is 0.0782 e. The van der Waals surface area contributed by atoms with Gasteiger partial charge in [-0.25, -0.2) is 0 Å². The molecule has 0 aromatic carbocycles. The molecule has 1 N–H and O–H groups in total. The first kappa shape index (κ1) is 8.27. The predicted molar refractivity (Wildman–Crippen MR) is 47.7 cm³/mol. The number of hydrogen-bond donors (Lipinski definition) is 1. The van der Waals surface area contributed by atoms with Gasteiger partial charge in [-0.3, -0.25) is 4.90 Å². The van der Waals surface area contributed by atoms with Crippen molar-refractivity contribution < 1.29 is 0 Å². The molecular weight excluding hydrogens is 138 g/mol. The standard InChI is InChI=1S/C8H15N3/c1-4-9-10-8-6-11(3)5-7(8)2/h9H,2,4-6H2,1,3H3/b10-8-. The molecule has 0 bridgehead atoms. The molecule has 1 fully saturated rings. The van der Waals surface area contributed by atoms with E-state index in [0.717, 1.165) is 30.9 Å². The van der Waals surface area contributed by atoms with Crippen LogP contribution in [-0.2, 0) is 0 Å². The van der Waals surface area contributed by atoms with Crippen molar-refractivity contribution in [2.75, 3.05) is 26.7 Å². The Kier molecular flexibility index (Phi) is 2.65. The summed E-state index contributed by atoms with van der Waals surface area (Å²) in [4.78, 5) is 2.19. The van der Waals surface area contributed by atoms with Gasteiger partial charge in [0.15, 0.2) is 0 Å². The van der Waals surface area contributed by atoms with Crippen molar-refractivity contribution in [1.82, 2.24) is 10.3 Å². The van der Waals surface area contributed by atoms with E-state index in [0.29, 0.717) is 0 Å². The average molecular weight is 153 g/mol. The van der Waals surface area contributed by atoms with Crippen LogP contribution >= 0.6 is 0 Å². The number of nitrogens with one attached hydrogen (secondary N) is 1. The number of nitrogens with zero attached hydrogens (tertiary/aromatic N) is 2. The lowest BCUT2D eigenvalue weighted by molar-refractivity contribution is 0.445. The summed E-state index contributed by atoms with van der Waals surface area (Å²) in [5, 5.41) is 4.20. The molecule has 3 heteroatoms. The highest BCUT2D eigenvalue weighted by atomic mass is 15.3. The highest BCUT2D eigenvalue weighted by Crippen LogP contribution is 2.07. The second kappa shape index (κ2) is 3.53. The molecule has 0 amide bonds. The molecule has 11 heavy (non-hydrogen) atoms. The van der Waals surface area contributed by atoms with Crippen LogP contribution in [0.2, 0.25) is 0 Å². The van der Waals surface area contributed by atoms with Crippen molar-refractivity contribution in [1.29, 1.82) is 0 Å². The lowest BCUT2D eigenvalue weighted by Crippen LogP contribution is -2.15. The van der Waals surface area contributed by atoms with Gasteiger partial charge in [0.05, 0.1) is 5.71 Å². The minimum absolute atomic E-state index is 0.875. The molecule has 3 nitrogen and oxygen atoms in total. The minimum atomic E-state index is 0.875. The van der Waals surface area contributed by atoms with Crippen LogP contribution in [0.15, 0.2) is 17.3 Å². The van der Waals surface area contributed by atoms with E-state index in [2.05, 4.69) is 29.1 Å². The monoisotopic (exact) mass is 153 g/mol. The maximum atomic E-state index is 4.20. The minimum Gasteiger partial charge on any atom is -0.310 e. The zero-order valence-electron chi connectivity index (χ0n) is 7.22. The first-order valence-electron chi connectivity index (χ1n) is 3.90. The summed E-state index contributed by atoms with van der Waals surface area (Å²) in [6.07, 6.45) is 0. The van der Waals surface area contributed by atoms with Gasteiger partial charge in [0.1, 0.15) is 0 Å². The fourth-order valence-corrected chi connectivity index (χ4v) is 1.13. The number of rotatable bonds is 2. The Bertz CT molecular complexity index is 184. The van der Waals surface area contributed by atoms with E-state index in [1.54, 1.807) is 0 Å². The Morgan fingerprint density at radius 2 is 2.36 bits per heavy atom. The zero-order chi connectivity index (χ0) is 8.27. The molecule has 0 aromatic heterocycles. The summed E-state index contributed by atoms with van der Waals surface area (Å²) in [7, 11) is 2.07. The van der Waals surface area contributed by atoms with Gasteiger partial charge in [0, 0.05) is 19.6 Å². The van der Waals surface area contributed by atoms with E-state index in [-0.39, 0.29) is 0 Å². The molecule has 0 saturated carbocycles. The van der Waals surface area contributed by atoms with Crippen molar-refractivity contribution in [3.05, 3.63) is 12.2 Å². The maximum Gasteiger partial charge on any atom is 0.0782 e. The van der Waals surface area contributed by atoms with Gasteiger partial charge in [0.25, 0.3) is 0 Å². The summed E-state index contributed by atoms with van der Waals surface area (Å²) in [5.41, 5.74) is 5.17. The Morgan fingerprint density at radius 3 is 2.82 bits per heavy atom. The molecule has 1 saturated heterocycles. The van der Waals surface area contributed by atoms with Crippen LogP contribution in [0.25, 0.3) is 0 Å². The maximum absolute atomic E-state index is 4.20. The molecular formula is C8H15N3. The summed E-state index contributed by atoms with van der Waals surface area (Å²) in [6.45, 7) is 8.71. The van der Waals surface area contributed by atoms with Gasteiger partial charge in [0.2, 0.25) is 0 Å². The summed E-state index contributed by atoms with van der Waals surface area (Å²) in [5.74, 6) is 0. The fraction of sp³-hybridized carbons (Fsp3) is 0.625. The van der Waals surface area contributed by atoms with Crippen molar-refractivity contribution in [3.63, 3.8) is 0 Å². The Balaban J connectivity index is 2.52. The molecule has 0 aliphatic carbocycles. The van der Waals surface area contributed by atoms with Crippen LogP contribution in [-0.4, -0.2) is 37.3 Å². The van der Waals surface area contributed by atoms with E-state index in [9.17, 15) is 0 Å². The second-order valence-electron chi connectivity index (χ2n) is 2.85. The molecule has 0 spiro atoms. The van der Waals surface area contributed by atoms with Crippen LogP contribution < -0.4 is 5.43 Å². The van der Waals surface area contributed by atoms with Crippen molar-refractivity contribution in [2.45, 2.75) is 6.92 Å². The van der Waals surface area contributed by atoms with Crippen LogP contribution in [0.3, 0.4) is 0 Å². The highest BCUT2D eigenvalue weighted by Gasteiger charge is 2.17. The quantitative estimate of drug-likeness (QED) is 0.583. The molecule has 0 unspecified atom stereocenters. The first-order valence-corrected chi connectivity index (χ1v) is 3.90. The van der Waals surface area contributed by atoms with E-state index in [4.69, 9.17) is 0 Å². The molecule has 62 valence electrons. The molecule has 0 atom stereocenters. The van der Waals surface area contributed by atoms with Gasteiger partial charge in [-0.05, 0) is 19.5 Å². The van der Waals surface area contributed by atoms with E-state index >= 15 is 0 Å². The molecule has 0 radical (unpaired) electrons. The van der Waals surface area contributed by atoms with Crippen LogP contribution in [0.4, 0.5) is 0 Å². The first-order chi connectivity index (χ1) is 5.24. The van der Waals surface area contributed by atoms with Crippen molar-refractivity contribution in [3.8, 4) is 0 Å². The molecule has 1 aliphatic heterocycles. The third kappa shape index (κ3) is 2.05. The van der Waals surface area contributed by atoms with Gasteiger partial charge in [-0.1, -0.05) is 6.58 Å². The van der Waals surface area contributed by atoms with Gasteiger partial charge in [-0.15, -0.1) is 0 Å². The zero-order valence-corrected chi connectivity index (χ0v) is 7.22. The Labute approximate surface area is 67.8 Å². The average Bonchev–Trinajstić information content (AvgIpc) is 2.26. The lowest BCUT2D eigenvalue weighted by Gasteiger charge is -2.01. The second-order valence-corrected chi connectivity index (χ2v) is 2.85. The third-order valence-electron chi connectivity index (χ3n) is 1.66. The summed E-state index contributed by atoms with van der Waals surface area (Å²) in [6, 6.07) is 0. The molecule has 1 rings (SSSR count). The third-order valence-corrected chi connectivity index (χ3v) is 1.66. The van der Waals surface area contributed by atoms with Gasteiger partial charge < -0.3 is 5.43 Å². The number of hydrazone groups is 1. The number of likely N-dealkylation sites (N-methyl/N-ethyl adjacent to an activating group) is 1. The number of hydrogen-bond acceptors (Lipinski definition) is 3. The van der Waals surface area contributed by atoms with Crippen LogP contribution in [0.5, 0.6) is 0 Å². The van der Waals surface area contributed by atoms with Gasteiger partial charge in [-0.2, -0.15) is 5.10 Å². The summed E-state index contributed by atoms with van der Waals surface area (Å²) < 4.78 is 0. The molecule has 1 aliphatic rings. The fourth-order valence-electron chi connectivity index (χ4n) is 1.13. The van der Waals surface area contributed by atoms with Crippen molar-refractivity contribution >= 4 is 5.71 Å². The molecule has 0 aromatic rings. The van der Waals surface area contributed by atoms with Crippen LogP contribution in [0, 0.1) is 0 Å². The lowest BCUT2D eigenvalue weighted by atomic mass is 10.2. The highest BCUT2D eigenvalue weighted by molar-refractivity contribution is 6.03. The van der Waals surface area contributed by atoms with E-state index in [1.807, 2.05) is 6.92 Å². The Morgan fingerprint density at radius 1 is 1.64 bits per heavy atom. The van der Waals surface area contributed by atoms with E-state index < -0.39 is 0 Å². The van der Waals surface area contributed by atoms with E-state index in [1.165, 1.54) is 0 Å². The van der Waals surface area contributed by atoms with Crippen LogP contribution in [0.1, 0.15) is 6.92 Å². The summed E-state index contributed by atoms with van der Waals surface area (Å²) >= 11 is 0. The SMILES string of the molecule is C=C1CN(C)C/C1=N/NCC.